The molecule has 6 nitrogen and oxygen atoms in total. The molecule has 0 fully saturated rings. The van der Waals surface area contributed by atoms with Crippen LogP contribution in [0.15, 0.2) is 24.3 Å². The molecule has 1 aromatic carbocycles. The Balaban J connectivity index is 1.45. The minimum atomic E-state index is 0.176. The first-order valence-corrected chi connectivity index (χ1v) is 10.4. The van der Waals surface area contributed by atoms with Gasteiger partial charge in [-0.3, -0.25) is 4.79 Å². The SMILES string of the molecule is Cc1nnc2n1[C@@H](CC(C)C)CN(C(=O)CCc1nc3ccccc3s1)C2. The van der Waals surface area contributed by atoms with Crippen LogP contribution in [-0.2, 0) is 17.8 Å². The second-order valence-electron chi connectivity index (χ2n) is 7.67. The lowest BCUT2D eigenvalue weighted by Crippen LogP contribution is -2.42. The molecule has 3 heterocycles. The van der Waals surface area contributed by atoms with Crippen LogP contribution < -0.4 is 0 Å². The van der Waals surface area contributed by atoms with E-state index in [1.54, 1.807) is 11.3 Å². The zero-order valence-corrected chi connectivity index (χ0v) is 16.9. The number of carbonyl (C=O) groups excluding carboxylic acids is 1. The molecule has 0 unspecified atom stereocenters. The molecular weight excluding hydrogens is 358 g/mol. The van der Waals surface area contributed by atoms with Crippen molar-refractivity contribution in [3.63, 3.8) is 0 Å². The molecular formula is C20H25N5OS. The number of nitrogens with zero attached hydrogens (tertiary/aromatic N) is 5. The number of para-hydroxylation sites is 1. The number of fused-ring (bicyclic) bond motifs is 2. The molecule has 0 aliphatic carbocycles. The van der Waals surface area contributed by atoms with Crippen LogP contribution in [0, 0.1) is 12.8 Å². The van der Waals surface area contributed by atoms with Gasteiger partial charge < -0.3 is 9.47 Å². The largest absolute Gasteiger partial charge is 0.333 e. The van der Waals surface area contributed by atoms with Crippen LogP contribution in [0.1, 0.15) is 49.4 Å². The minimum Gasteiger partial charge on any atom is -0.333 e. The summed E-state index contributed by atoms with van der Waals surface area (Å²) in [5.74, 6) is 2.58. The molecule has 1 aliphatic heterocycles. The summed E-state index contributed by atoms with van der Waals surface area (Å²) >= 11 is 1.68. The Bertz CT molecular complexity index is 927. The Morgan fingerprint density at radius 2 is 2.11 bits per heavy atom. The lowest BCUT2D eigenvalue weighted by atomic mass is 10.0. The third-order valence-electron chi connectivity index (χ3n) is 5.05. The molecule has 2 aromatic heterocycles. The number of aromatic nitrogens is 4. The topological polar surface area (TPSA) is 63.9 Å². The first-order chi connectivity index (χ1) is 13.0. The van der Waals surface area contributed by atoms with Crippen molar-refractivity contribution < 1.29 is 4.79 Å². The first-order valence-electron chi connectivity index (χ1n) is 9.54. The van der Waals surface area contributed by atoms with E-state index in [1.807, 2.05) is 30.0 Å². The summed E-state index contributed by atoms with van der Waals surface area (Å²) in [5.41, 5.74) is 1.02. The molecule has 1 atom stereocenters. The Morgan fingerprint density at radius 1 is 1.30 bits per heavy atom. The highest BCUT2D eigenvalue weighted by molar-refractivity contribution is 7.18. The third kappa shape index (κ3) is 3.74. The summed E-state index contributed by atoms with van der Waals surface area (Å²) < 4.78 is 3.40. The molecule has 0 spiro atoms. The van der Waals surface area contributed by atoms with E-state index >= 15 is 0 Å². The van der Waals surface area contributed by atoms with Gasteiger partial charge in [0.2, 0.25) is 5.91 Å². The zero-order chi connectivity index (χ0) is 19.0. The highest BCUT2D eigenvalue weighted by atomic mass is 32.1. The van der Waals surface area contributed by atoms with Crippen LogP contribution in [0.2, 0.25) is 0 Å². The Kier molecular flexibility index (Phi) is 4.95. The monoisotopic (exact) mass is 383 g/mol. The molecule has 0 N–H and O–H groups in total. The minimum absolute atomic E-state index is 0.176. The van der Waals surface area contributed by atoms with Crippen LogP contribution in [0.3, 0.4) is 0 Å². The van der Waals surface area contributed by atoms with E-state index in [9.17, 15) is 4.79 Å². The zero-order valence-electron chi connectivity index (χ0n) is 16.1. The van der Waals surface area contributed by atoms with Crippen LogP contribution in [0.5, 0.6) is 0 Å². The molecule has 3 aromatic rings. The lowest BCUT2D eigenvalue weighted by Gasteiger charge is -2.35. The second kappa shape index (κ2) is 7.38. The van der Waals surface area contributed by atoms with Crippen molar-refractivity contribution in [2.24, 2.45) is 5.92 Å². The van der Waals surface area contributed by atoms with Crippen molar-refractivity contribution >= 4 is 27.5 Å². The van der Waals surface area contributed by atoms with E-state index in [0.717, 1.165) is 35.1 Å². The van der Waals surface area contributed by atoms with Gasteiger partial charge in [-0.15, -0.1) is 21.5 Å². The molecule has 4 rings (SSSR count). The van der Waals surface area contributed by atoms with Crippen LogP contribution in [-0.4, -0.2) is 37.1 Å². The van der Waals surface area contributed by atoms with Crippen molar-refractivity contribution in [1.29, 1.82) is 0 Å². The fourth-order valence-corrected chi connectivity index (χ4v) is 4.85. The summed E-state index contributed by atoms with van der Waals surface area (Å²) in [5, 5.41) is 9.56. The van der Waals surface area contributed by atoms with Crippen molar-refractivity contribution in [2.45, 2.75) is 52.6 Å². The van der Waals surface area contributed by atoms with Crippen LogP contribution in [0.4, 0.5) is 0 Å². The van der Waals surface area contributed by atoms with E-state index in [4.69, 9.17) is 0 Å². The number of benzene rings is 1. The molecule has 0 saturated heterocycles. The quantitative estimate of drug-likeness (QED) is 0.673. The smallest absolute Gasteiger partial charge is 0.223 e. The van der Waals surface area contributed by atoms with Crippen LogP contribution in [0.25, 0.3) is 10.2 Å². The average Bonchev–Trinajstić information content (AvgIpc) is 3.22. The molecule has 0 saturated carbocycles. The van der Waals surface area contributed by atoms with Gasteiger partial charge >= 0.3 is 0 Å². The van der Waals surface area contributed by atoms with Gasteiger partial charge in [-0.2, -0.15) is 0 Å². The van der Waals surface area contributed by atoms with Crippen molar-refractivity contribution in [2.75, 3.05) is 6.54 Å². The predicted molar refractivity (Wildman–Crippen MR) is 107 cm³/mol. The number of hydrogen-bond donors (Lipinski definition) is 0. The van der Waals surface area contributed by atoms with E-state index in [-0.39, 0.29) is 11.9 Å². The average molecular weight is 384 g/mol. The number of thiazole rings is 1. The fourth-order valence-electron chi connectivity index (χ4n) is 3.88. The lowest BCUT2D eigenvalue weighted by molar-refractivity contribution is -0.133. The number of carbonyl (C=O) groups is 1. The highest BCUT2D eigenvalue weighted by Crippen LogP contribution is 2.28. The summed E-state index contributed by atoms with van der Waals surface area (Å²) in [6, 6.07) is 8.38. The first kappa shape index (κ1) is 18.1. The fraction of sp³-hybridized carbons (Fsp3) is 0.500. The van der Waals surface area contributed by atoms with Gasteiger partial charge in [0.1, 0.15) is 5.82 Å². The van der Waals surface area contributed by atoms with Crippen LogP contribution >= 0.6 is 11.3 Å². The maximum absolute atomic E-state index is 12.9. The summed E-state index contributed by atoms with van der Waals surface area (Å²) in [7, 11) is 0. The van der Waals surface area contributed by atoms with Gasteiger partial charge in [-0.1, -0.05) is 26.0 Å². The second-order valence-corrected chi connectivity index (χ2v) is 8.78. The predicted octanol–water partition coefficient (Wildman–Crippen LogP) is 3.76. The van der Waals surface area contributed by atoms with E-state index in [2.05, 4.69) is 39.7 Å². The maximum Gasteiger partial charge on any atom is 0.223 e. The molecule has 7 heteroatoms. The Hall–Kier alpha value is -2.28. The number of rotatable bonds is 5. The van der Waals surface area contributed by atoms with Gasteiger partial charge in [-0.05, 0) is 31.4 Å². The van der Waals surface area contributed by atoms with Crippen molar-refractivity contribution in [3.8, 4) is 0 Å². The van der Waals surface area contributed by atoms with E-state index < -0.39 is 0 Å². The summed E-state index contributed by atoms with van der Waals surface area (Å²) in [6.45, 7) is 7.71. The molecule has 142 valence electrons. The summed E-state index contributed by atoms with van der Waals surface area (Å²) in [6.07, 6.45) is 2.20. The van der Waals surface area contributed by atoms with Crippen molar-refractivity contribution in [1.82, 2.24) is 24.6 Å². The molecule has 1 amide bonds. The molecule has 0 bridgehead atoms. The number of hydrogen-bond acceptors (Lipinski definition) is 5. The number of aryl methyl sites for hydroxylation is 2. The normalized spacial score (nSPS) is 16.9. The molecule has 0 radical (unpaired) electrons. The van der Waals surface area contributed by atoms with Crippen molar-refractivity contribution in [3.05, 3.63) is 40.9 Å². The van der Waals surface area contributed by atoms with Gasteiger partial charge in [0.05, 0.1) is 27.8 Å². The van der Waals surface area contributed by atoms with Gasteiger partial charge in [0.25, 0.3) is 0 Å². The standard InChI is InChI=1S/C20H25N5OS/c1-13(2)10-15-11-24(12-18-23-22-14(3)25(15)18)20(26)9-8-19-21-16-6-4-5-7-17(16)27-19/h4-7,13,15H,8-12H2,1-3H3/t15-/m0/s1. The molecule has 1 aliphatic rings. The van der Waals surface area contributed by atoms with Gasteiger partial charge in [-0.25, -0.2) is 4.98 Å². The Labute approximate surface area is 163 Å². The van der Waals surface area contributed by atoms with E-state index in [1.165, 1.54) is 4.70 Å². The van der Waals surface area contributed by atoms with Gasteiger partial charge in [0.15, 0.2) is 5.82 Å². The number of amides is 1. The Morgan fingerprint density at radius 3 is 2.89 bits per heavy atom. The van der Waals surface area contributed by atoms with E-state index in [0.29, 0.717) is 25.3 Å². The summed E-state index contributed by atoms with van der Waals surface area (Å²) in [4.78, 5) is 19.5. The molecule has 27 heavy (non-hydrogen) atoms. The third-order valence-corrected chi connectivity index (χ3v) is 6.15. The highest BCUT2D eigenvalue weighted by Gasteiger charge is 2.30. The maximum atomic E-state index is 12.9. The van der Waals surface area contributed by atoms with Gasteiger partial charge in [0, 0.05) is 19.4 Å².